The summed E-state index contributed by atoms with van der Waals surface area (Å²) in [4.78, 5) is 23.0. The molecule has 0 aliphatic carbocycles. The third-order valence-electron chi connectivity index (χ3n) is 3.02. The normalized spacial score (nSPS) is 10.4. The molecule has 0 aliphatic rings. The van der Waals surface area contributed by atoms with Crippen LogP contribution < -0.4 is 16.2 Å². The second kappa shape index (κ2) is 6.91. The molecular formula is C15H19N5O3. The topological polar surface area (TPSA) is 126 Å². The van der Waals surface area contributed by atoms with E-state index in [1.54, 1.807) is 0 Å². The highest BCUT2D eigenvalue weighted by atomic mass is 16.6. The molecule has 0 bridgehead atoms. The van der Waals surface area contributed by atoms with Gasteiger partial charge in [0, 0.05) is 0 Å². The number of rotatable bonds is 5. The largest absolute Gasteiger partial charge is 0.481 e. The highest BCUT2D eigenvalue weighted by molar-refractivity contribution is 5.71. The van der Waals surface area contributed by atoms with Gasteiger partial charge in [0.1, 0.15) is 5.75 Å². The number of benzene rings is 1. The molecular weight excluding hydrogens is 298 g/mol. The first-order valence-electron chi connectivity index (χ1n) is 6.97. The van der Waals surface area contributed by atoms with E-state index in [0.29, 0.717) is 5.75 Å². The maximum absolute atomic E-state index is 11.8. The number of hydrogen-bond donors (Lipinski definition) is 2. The number of aryl methyl sites for hydroxylation is 3. The number of anilines is 2. The van der Waals surface area contributed by atoms with Gasteiger partial charge in [0.25, 0.3) is 0 Å². The number of nitrogen functional groups attached to an aromatic ring is 2. The maximum Gasteiger partial charge on any atom is 0.344 e. The van der Waals surface area contributed by atoms with Gasteiger partial charge < -0.3 is 20.9 Å². The summed E-state index contributed by atoms with van der Waals surface area (Å²) in [5, 5.41) is 0. The molecule has 8 heteroatoms. The van der Waals surface area contributed by atoms with Gasteiger partial charge in [-0.15, -0.1) is 0 Å². The van der Waals surface area contributed by atoms with Crippen molar-refractivity contribution < 1.29 is 14.3 Å². The number of nitrogens with zero attached hydrogens (tertiary/aromatic N) is 3. The Morgan fingerprint density at radius 3 is 2.17 bits per heavy atom. The lowest BCUT2D eigenvalue weighted by Crippen LogP contribution is -2.17. The van der Waals surface area contributed by atoms with Gasteiger partial charge in [-0.1, -0.05) is 17.7 Å². The predicted molar refractivity (Wildman–Crippen MR) is 84.6 cm³/mol. The SMILES string of the molecule is Cc1cc(C)c(OCC(=O)OCc2nc(N)nc(N)n2)c(C)c1. The summed E-state index contributed by atoms with van der Waals surface area (Å²) in [5.41, 5.74) is 13.9. The second-order valence-corrected chi connectivity index (χ2v) is 5.15. The number of ether oxygens (including phenoxy) is 2. The first kappa shape index (κ1) is 16.5. The zero-order valence-corrected chi connectivity index (χ0v) is 13.3. The molecule has 0 spiro atoms. The minimum Gasteiger partial charge on any atom is -0.481 e. The first-order valence-corrected chi connectivity index (χ1v) is 6.97. The van der Waals surface area contributed by atoms with Crippen LogP contribution >= 0.6 is 0 Å². The van der Waals surface area contributed by atoms with E-state index in [2.05, 4.69) is 15.0 Å². The molecule has 0 amide bonds. The third-order valence-corrected chi connectivity index (χ3v) is 3.02. The molecule has 2 aromatic rings. The quantitative estimate of drug-likeness (QED) is 0.784. The number of aromatic nitrogens is 3. The third kappa shape index (κ3) is 4.53. The second-order valence-electron chi connectivity index (χ2n) is 5.15. The Balaban J connectivity index is 1.91. The van der Waals surface area contributed by atoms with Crippen molar-refractivity contribution in [3.05, 3.63) is 34.6 Å². The Morgan fingerprint density at radius 1 is 1.04 bits per heavy atom. The predicted octanol–water partition coefficient (Wildman–Crippen LogP) is 1.08. The number of esters is 1. The molecule has 23 heavy (non-hydrogen) atoms. The number of hydrogen-bond acceptors (Lipinski definition) is 8. The van der Waals surface area contributed by atoms with Gasteiger partial charge in [0.15, 0.2) is 19.0 Å². The molecule has 4 N–H and O–H groups in total. The fourth-order valence-electron chi connectivity index (χ4n) is 2.23. The summed E-state index contributed by atoms with van der Waals surface area (Å²) in [6, 6.07) is 3.98. The summed E-state index contributed by atoms with van der Waals surface area (Å²) >= 11 is 0. The van der Waals surface area contributed by atoms with Crippen LogP contribution in [-0.4, -0.2) is 27.5 Å². The van der Waals surface area contributed by atoms with Crippen LogP contribution in [0.15, 0.2) is 12.1 Å². The minimum atomic E-state index is -0.540. The van der Waals surface area contributed by atoms with E-state index in [1.807, 2.05) is 32.9 Å². The van der Waals surface area contributed by atoms with Crippen molar-refractivity contribution in [2.75, 3.05) is 18.1 Å². The summed E-state index contributed by atoms with van der Waals surface area (Å²) in [5.74, 6) is 0.283. The van der Waals surface area contributed by atoms with Crippen LogP contribution in [0, 0.1) is 20.8 Å². The minimum absolute atomic E-state index is 0.0225. The van der Waals surface area contributed by atoms with Crippen molar-refractivity contribution in [1.29, 1.82) is 0 Å². The highest BCUT2D eigenvalue weighted by Gasteiger charge is 2.11. The molecule has 122 valence electrons. The lowest BCUT2D eigenvalue weighted by atomic mass is 10.1. The van der Waals surface area contributed by atoms with Gasteiger partial charge in [0.05, 0.1) is 0 Å². The molecule has 1 aromatic carbocycles. The molecule has 0 unspecified atom stereocenters. The Bertz CT molecular complexity index is 690. The lowest BCUT2D eigenvalue weighted by molar-refractivity contribution is -0.147. The summed E-state index contributed by atoms with van der Waals surface area (Å²) in [7, 11) is 0. The zero-order chi connectivity index (χ0) is 17.0. The van der Waals surface area contributed by atoms with Crippen LogP contribution in [0.4, 0.5) is 11.9 Å². The van der Waals surface area contributed by atoms with Gasteiger partial charge in [0.2, 0.25) is 11.9 Å². The van der Waals surface area contributed by atoms with Gasteiger partial charge in [-0.25, -0.2) is 4.79 Å². The molecule has 2 rings (SSSR count). The molecule has 0 aliphatic heterocycles. The number of carbonyl (C=O) groups excluding carboxylic acids is 1. The van der Waals surface area contributed by atoms with Crippen molar-refractivity contribution >= 4 is 17.9 Å². The Morgan fingerprint density at radius 2 is 1.61 bits per heavy atom. The fourth-order valence-corrected chi connectivity index (χ4v) is 2.23. The fraction of sp³-hybridized carbons (Fsp3) is 0.333. The number of carbonyl (C=O) groups is 1. The standard InChI is InChI=1S/C15H19N5O3/c1-8-4-9(2)13(10(3)5-8)23-7-12(21)22-6-11-18-14(16)20-15(17)19-11/h4-5H,6-7H2,1-3H3,(H4,16,17,18,19,20). The summed E-state index contributed by atoms with van der Waals surface area (Å²) < 4.78 is 10.6. The summed E-state index contributed by atoms with van der Waals surface area (Å²) in [6.07, 6.45) is 0. The van der Waals surface area contributed by atoms with Gasteiger partial charge >= 0.3 is 5.97 Å². The Hall–Kier alpha value is -2.90. The Labute approximate surface area is 133 Å². The van der Waals surface area contributed by atoms with Gasteiger partial charge in [-0.05, 0) is 31.9 Å². The van der Waals surface area contributed by atoms with E-state index in [9.17, 15) is 4.79 Å². The van der Waals surface area contributed by atoms with E-state index in [4.69, 9.17) is 20.9 Å². The van der Waals surface area contributed by atoms with Crippen molar-refractivity contribution in [3.63, 3.8) is 0 Å². The molecule has 0 atom stereocenters. The van der Waals surface area contributed by atoms with Gasteiger partial charge in [-0.3, -0.25) is 0 Å². The average Bonchev–Trinajstić information content (AvgIpc) is 2.43. The molecule has 1 aromatic heterocycles. The van der Waals surface area contributed by atoms with E-state index in [1.165, 1.54) is 0 Å². The molecule has 1 heterocycles. The van der Waals surface area contributed by atoms with Gasteiger partial charge in [-0.2, -0.15) is 15.0 Å². The van der Waals surface area contributed by atoms with E-state index in [0.717, 1.165) is 16.7 Å². The van der Waals surface area contributed by atoms with Crippen molar-refractivity contribution in [2.45, 2.75) is 27.4 Å². The molecule has 0 saturated heterocycles. The summed E-state index contributed by atoms with van der Waals surface area (Å²) in [6.45, 7) is 5.50. The lowest BCUT2D eigenvalue weighted by Gasteiger charge is -2.12. The van der Waals surface area contributed by atoms with Crippen LogP contribution in [0.3, 0.4) is 0 Å². The van der Waals surface area contributed by atoms with E-state index >= 15 is 0 Å². The van der Waals surface area contributed by atoms with Crippen molar-refractivity contribution in [3.8, 4) is 5.75 Å². The van der Waals surface area contributed by atoms with Crippen LogP contribution in [-0.2, 0) is 16.1 Å². The molecule has 0 fully saturated rings. The zero-order valence-electron chi connectivity index (χ0n) is 13.3. The molecule has 0 saturated carbocycles. The average molecular weight is 317 g/mol. The van der Waals surface area contributed by atoms with Crippen LogP contribution in [0.1, 0.15) is 22.5 Å². The molecule has 0 radical (unpaired) electrons. The Kier molecular flexibility index (Phi) is 4.95. The van der Waals surface area contributed by atoms with E-state index in [-0.39, 0.29) is 30.9 Å². The smallest absolute Gasteiger partial charge is 0.344 e. The monoisotopic (exact) mass is 317 g/mol. The first-order chi connectivity index (χ1) is 10.8. The molecule has 8 nitrogen and oxygen atoms in total. The van der Waals surface area contributed by atoms with Crippen LogP contribution in [0.2, 0.25) is 0 Å². The highest BCUT2D eigenvalue weighted by Crippen LogP contribution is 2.24. The van der Waals surface area contributed by atoms with Crippen molar-refractivity contribution in [2.24, 2.45) is 0 Å². The van der Waals surface area contributed by atoms with Crippen molar-refractivity contribution in [1.82, 2.24) is 15.0 Å². The van der Waals surface area contributed by atoms with E-state index < -0.39 is 5.97 Å². The maximum atomic E-state index is 11.8. The number of nitrogens with two attached hydrogens (primary N) is 2. The van der Waals surface area contributed by atoms with Crippen LogP contribution in [0.5, 0.6) is 5.75 Å². The van der Waals surface area contributed by atoms with Crippen LogP contribution in [0.25, 0.3) is 0 Å².